The molecule has 2 fully saturated rings. The summed E-state index contributed by atoms with van der Waals surface area (Å²) < 4.78 is 6.53. The van der Waals surface area contributed by atoms with Gasteiger partial charge in [0.2, 0.25) is 17.6 Å². The number of esters is 1. The van der Waals surface area contributed by atoms with E-state index in [1.807, 2.05) is 6.07 Å². The Balaban J connectivity index is 1.31. The van der Waals surface area contributed by atoms with Gasteiger partial charge in [-0.05, 0) is 73.5 Å². The van der Waals surface area contributed by atoms with E-state index in [9.17, 15) is 19.2 Å². The monoisotopic (exact) mass is 692 g/mol. The number of fused-ring (bicyclic) bond motifs is 2. The quantitative estimate of drug-likeness (QED) is 0.0803. The highest BCUT2D eigenvalue weighted by Gasteiger charge is 2.48. The summed E-state index contributed by atoms with van der Waals surface area (Å²) in [7, 11) is 0. The molecule has 44 heavy (non-hydrogen) atoms. The lowest BCUT2D eigenvalue weighted by molar-refractivity contribution is -0.122. The van der Waals surface area contributed by atoms with E-state index in [1.54, 1.807) is 66.7 Å². The summed E-state index contributed by atoms with van der Waals surface area (Å²) in [5.41, 5.74) is 2.82. The Kier molecular flexibility index (Phi) is 8.85. The maximum absolute atomic E-state index is 13.7. The molecule has 0 spiro atoms. The third-order valence-electron chi connectivity index (χ3n) is 8.29. The number of benzene rings is 3. The van der Waals surface area contributed by atoms with E-state index in [0.29, 0.717) is 38.4 Å². The fraction of sp³-hybridized carbons (Fsp3) is 0.265. The molecule has 224 valence electrons. The largest absolute Gasteiger partial charge is 0.450 e. The van der Waals surface area contributed by atoms with Crippen molar-refractivity contribution in [1.29, 1.82) is 0 Å². The Morgan fingerprint density at radius 3 is 2.23 bits per heavy atom. The number of alkyl halides is 1. The van der Waals surface area contributed by atoms with Crippen molar-refractivity contribution in [2.24, 2.45) is 11.8 Å². The molecule has 4 aromatic rings. The van der Waals surface area contributed by atoms with Gasteiger partial charge in [0.1, 0.15) is 0 Å². The van der Waals surface area contributed by atoms with Crippen LogP contribution in [0.5, 0.6) is 0 Å². The van der Waals surface area contributed by atoms with Gasteiger partial charge in [0.05, 0.1) is 34.3 Å². The molecule has 3 atom stereocenters. The Hall–Kier alpha value is -3.59. The Bertz CT molecular complexity index is 1750. The van der Waals surface area contributed by atoms with Crippen LogP contribution in [0.1, 0.15) is 52.8 Å². The van der Waals surface area contributed by atoms with Gasteiger partial charge in [-0.25, -0.2) is 9.78 Å². The number of hydrogen-bond donors (Lipinski definition) is 0. The lowest BCUT2D eigenvalue weighted by atomic mass is 9.81. The molecule has 0 radical (unpaired) electrons. The van der Waals surface area contributed by atoms with Crippen molar-refractivity contribution in [1.82, 2.24) is 4.98 Å². The average molecular weight is 694 g/mol. The van der Waals surface area contributed by atoms with Crippen LogP contribution in [0.15, 0.2) is 77.3 Å². The molecule has 3 unspecified atom stereocenters. The first-order valence-corrected chi connectivity index (χ1v) is 16.1. The first kappa shape index (κ1) is 30.4. The van der Waals surface area contributed by atoms with E-state index < -0.39 is 12.1 Å². The van der Waals surface area contributed by atoms with Crippen molar-refractivity contribution in [2.75, 3.05) is 10.8 Å². The predicted octanol–water partition coefficient (Wildman–Crippen LogP) is 8.03. The summed E-state index contributed by atoms with van der Waals surface area (Å²) in [5, 5.41) is 1.03. The topological polar surface area (TPSA) is 93.6 Å². The first-order chi connectivity index (χ1) is 21.2. The van der Waals surface area contributed by atoms with Crippen LogP contribution in [0.3, 0.4) is 0 Å². The second-order valence-corrected chi connectivity index (χ2v) is 12.7. The fourth-order valence-corrected chi connectivity index (χ4v) is 6.73. The van der Waals surface area contributed by atoms with Gasteiger partial charge < -0.3 is 4.74 Å². The number of carbonyl (C=O) groups excluding carboxylic acids is 4. The van der Waals surface area contributed by atoms with Gasteiger partial charge in [0, 0.05) is 38.3 Å². The second-order valence-electron chi connectivity index (χ2n) is 11.0. The van der Waals surface area contributed by atoms with Crippen LogP contribution in [0.25, 0.3) is 22.2 Å². The number of anilines is 1. The highest BCUT2D eigenvalue weighted by atomic mass is 79.9. The van der Waals surface area contributed by atoms with E-state index >= 15 is 0 Å². The Labute approximate surface area is 272 Å². The minimum atomic E-state index is -1.10. The maximum atomic E-state index is 13.7. The molecule has 1 saturated carbocycles. The Morgan fingerprint density at radius 2 is 1.59 bits per heavy atom. The Morgan fingerprint density at radius 1 is 0.932 bits per heavy atom. The zero-order chi connectivity index (χ0) is 31.0. The zero-order valence-corrected chi connectivity index (χ0v) is 26.6. The molecule has 2 aliphatic rings. The molecule has 2 amide bonds. The summed E-state index contributed by atoms with van der Waals surface area (Å²) in [5.74, 6) is -1.70. The molecule has 7 nitrogen and oxygen atoms in total. The van der Waals surface area contributed by atoms with Crippen molar-refractivity contribution >= 4 is 79.3 Å². The van der Waals surface area contributed by atoms with Crippen LogP contribution in [-0.4, -0.2) is 40.5 Å². The molecular formula is C34H27BrCl2N2O5. The molecule has 0 bridgehead atoms. The van der Waals surface area contributed by atoms with E-state index in [4.69, 9.17) is 32.9 Å². The maximum Gasteiger partial charge on any atom is 0.339 e. The number of hydrogen-bond acceptors (Lipinski definition) is 6. The highest BCUT2D eigenvalue weighted by Crippen LogP contribution is 2.40. The van der Waals surface area contributed by atoms with Crippen LogP contribution >= 0.6 is 39.1 Å². The summed E-state index contributed by atoms with van der Waals surface area (Å²) >= 11 is 15.4. The van der Waals surface area contributed by atoms with Crippen molar-refractivity contribution in [3.8, 4) is 11.3 Å². The minimum Gasteiger partial charge on any atom is -0.450 e. The summed E-state index contributed by atoms with van der Waals surface area (Å²) in [6, 6.07) is 20.4. The number of ketones is 1. The van der Waals surface area contributed by atoms with Crippen molar-refractivity contribution in [3.05, 3.63) is 93.4 Å². The molecule has 2 heterocycles. The number of pyridine rings is 1. The summed E-state index contributed by atoms with van der Waals surface area (Å²) in [6.45, 7) is 0. The number of nitrogens with zero attached hydrogens (tertiary/aromatic N) is 2. The minimum absolute atomic E-state index is 0.112. The van der Waals surface area contributed by atoms with Gasteiger partial charge in [-0.15, -0.1) is 11.6 Å². The number of carbonyl (C=O) groups is 4. The van der Waals surface area contributed by atoms with Crippen molar-refractivity contribution < 1.29 is 23.9 Å². The van der Waals surface area contributed by atoms with Gasteiger partial charge in [0.15, 0.2) is 6.10 Å². The van der Waals surface area contributed by atoms with E-state index in [1.165, 1.54) is 4.90 Å². The molecule has 6 rings (SSSR count). The third-order valence-corrected chi connectivity index (χ3v) is 9.26. The molecule has 10 heteroatoms. The van der Waals surface area contributed by atoms with Gasteiger partial charge in [-0.2, -0.15) is 0 Å². The summed E-state index contributed by atoms with van der Waals surface area (Å²) in [6.07, 6.45) is 2.45. The van der Waals surface area contributed by atoms with Crippen LogP contribution in [0.4, 0.5) is 5.69 Å². The lowest BCUT2D eigenvalue weighted by Crippen LogP contribution is -2.30. The van der Waals surface area contributed by atoms with Crippen LogP contribution in [0, 0.1) is 11.8 Å². The summed E-state index contributed by atoms with van der Waals surface area (Å²) in [4.78, 5) is 59.2. The molecule has 1 aromatic heterocycles. The second kappa shape index (κ2) is 12.8. The van der Waals surface area contributed by atoms with Crippen LogP contribution in [0.2, 0.25) is 5.02 Å². The standard InChI is InChI=1S/C34H27BrCl2N2O5/c35-21-9-14-28-26(17-21)27(34(43)44-30(15-16-36)31(40)20-5-10-22(37)11-6-20)18-29(38-28)19-7-12-23(13-8-19)39-32(41)24-3-1-2-4-25(24)33(39)42/h5-14,17-18,24-25,30H,1-4,15-16H2. The molecule has 1 aliphatic carbocycles. The fourth-order valence-electron chi connectivity index (χ4n) is 6.05. The average Bonchev–Trinajstić information content (AvgIpc) is 3.29. The van der Waals surface area contributed by atoms with Crippen molar-refractivity contribution in [2.45, 2.75) is 38.2 Å². The number of Topliss-reactive ketones (excluding diaryl/α,β-unsaturated/α-hetero) is 1. The van der Waals surface area contributed by atoms with E-state index in [2.05, 4.69) is 15.9 Å². The third kappa shape index (κ3) is 5.91. The van der Waals surface area contributed by atoms with Crippen molar-refractivity contribution in [3.63, 3.8) is 0 Å². The van der Waals surface area contributed by atoms with Gasteiger partial charge >= 0.3 is 5.97 Å². The number of halogens is 3. The highest BCUT2D eigenvalue weighted by molar-refractivity contribution is 9.10. The first-order valence-electron chi connectivity index (χ1n) is 14.4. The SMILES string of the molecule is O=C(OC(CCCl)C(=O)c1ccc(Cl)cc1)c1cc(-c2ccc(N3C(=O)C4CCCCC4C3=O)cc2)nc2ccc(Br)cc12. The van der Waals surface area contributed by atoms with Gasteiger partial charge in [0.25, 0.3) is 0 Å². The molecule has 1 aliphatic heterocycles. The smallest absolute Gasteiger partial charge is 0.339 e. The molecule has 0 N–H and O–H groups in total. The van der Waals surface area contributed by atoms with E-state index in [-0.39, 0.29) is 47.3 Å². The van der Waals surface area contributed by atoms with Gasteiger partial charge in [-0.3, -0.25) is 19.3 Å². The number of ether oxygens (including phenoxy) is 1. The molecule has 3 aromatic carbocycles. The number of imide groups is 1. The predicted molar refractivity (Wildman–Crippen MR) is 173 cm³/mol. The normalized spacial score (nSPS) is 18.8. The molecule has 1 saturated heterocycles. The van der Waals surface area contributed by atoms with Crippen LogP contribution in [-0.2, 0) is 14.3 Å². The molecular weight excluding hydrogens is 667 g/mol. The number of amides is 2. The van der Waals surface area contributed by atoms with Crippen LogP contribution < -0.4 is 4.90 Å². The number of aromatic nitrogens is 1. The van der Waals surface area contributed by atoms with E-state index in [0.717, 1.165) is 30.2 Å². The van der Waals surface area contributed by atoms with Gasteiger partial charge in [-0.1, -0.05) is 52.5 Å². The number of rotatable bonds is 8. The zero-order valence-electron chi connectivity index (χ0n) is 23.5. The lowest BCUT2D eigenvalue weighted by Gasteiger charge is -2.19.